The van der Waals surface area contributed by atoms with Crippen LogP contribution in [-0.2, 0) is 22.7 Å². The maximum atomic E-state index is 4.21. The lowest BCUT2D eigenvalue weighted by molar-refractivity contribution is 0.332. The molecule has 330 valence electrons. The molecule has 0 saturated heterocycles. The predicted octanol–water partition coefficient (Wildman–Crippen LogP) is 16.7. The van der Waals surface area contributed by atoms with E-state index in [1.807, 2.05) is 0 Å². The third-order valence-corrected chi connectivity index (χ3v) is 16.5. The van der Waals surface area contributed by atoms with Crippen LogP contribution in [0.1, 0.15) is 123 Å². The summed E-state index contributed by atoms with van der Waals surface area (Å²) in [6.45, 7) is 16.8. The first-order valence-corrected chi connectivity index (χ1v) is 24.6. The first-order chi connectivity index (χ1) is 32.5. The lowest BCUT2D eigenvalue weighted by Gasteiger charge is -2.46. The van der Waals surface area contributed by atoms with Crippen LogP contribution in [0, 0.1) is 6.92 Å². The van der Waals surface area contributed by atoms with Gasteiger partial charge in [0, 0.05) is 22.7 Å². The molecule has 7 aromatic rings. The first-order valence-electron chi connectivity index (χ1n) is 24.6. The molecule has 0 saturated carbocycles. The van der Waals surface area contributed by atoms with Crippen molar-refractivity contribution in [2.24, 2.45) is 0 Å². The number of allylic oxidation sites excluding steroid dienone is 5. The average molecular weight is 869 g/mol. The predicted molar refractivity (Wildman–Crippen MR) is 282 cm³/mol. The summed E-state index contributed by atoms with van der Waals surface area (Å²) in [7, 11) is 0. The molecule has 2 heteroatoms. The monoisotopic (exact) mass is 868 g/mol. The van der Waals surface area contributed by atoms with Crippen molar-refractivity contribution in [1.82, 2.24) is 0 Å². The summed E-state index contributed by atoms with van der Waals surface area (Å²) in [5, 5.41) is 4.21. The van der Waals surface area contributed by atoms with Crippen LogP contribution in [0.5, 0.6) is 0 Å². The molecule has 0 aromatic heterocycles. The van der Waals surface area contributed by atoms with Crippen molar-refractivity contribution in [2.75, 3.05) is 10.2 Å². The van der Waals surface area contributed by atoms with Gasteiger partial charge < -0.3 is 10.2 Å². The van der Waals surface area contributed by atoms with Gasteiger partial charge >= 0.3 is 0 Å². The van der Waals surface area contributed by atoms with Crippen LogP contribution in [0.25, 0.3) is 22.8 Å². The van der Waals surface area contributed by atoms with E-state index in [2.05, 4.69) is 229 Å². The Labute approximate surface area is 398 Å². The Morgan fingerprint density at radius 3 is 1.91 bits per heavy atom. The number of fused-ring (bicyclic) bond motifs is 12. The molecule has 67 heavy (non-hydrogen) atoms. The topological polar surface area (TPSA) is 15.3 Å². The van der Waals surface area contributed by atoms with Gasteiger partial charge in [-0.2, -0.15) is 0 Å². The van der Waals surface area contributed by atoms with Gasteiger partial charge in [-0.25, -0.2) is 0 Å². The highest BCUT2D eigenvalue weighted by molar-refractivity contribution is 5.97. The van der Waals surface area contributed by atoms with E-state index in [-0.39, 0.29) is 10.8 Å². The van der Waals surface area contributed by atoms with Crippen molar-refractivity contribution in [3.63, 3.8) is 0 Å². The quantitative estimate of drug-likeness (QED) is 0.168. The fraction of sp³-hybridized carbons (Fsp3) is 0.231. The van der Waals surface area contributed by atoms with E-state index < -0.39 is 5.41 Å². The lowest BCUT2D eigenvalue weighted by Crippen LogP contribution is -2.38. The normalized spacial score (nSPS) is 18.3. The fourth-order valence-corrected chi connectivity index (χ4v) is 12.9. The zero-order chi connectivity index (χ0) is 45.8. The number of hydrogen-bond acceptors (Lipinski definition) is 2. The molecule has 0 atom stereocenters. The van der Waals surface area contributed by atoms with E-state index in [1.165, 1.54) is 130 Å². The minimum absolute atomic E-state index is 0.112. The fourth-order valence-electron chi connectivity index (χ4n) is 12.9. The number of benzene rings is 7. The molecule has 1 N–H and O–H groups in total. The maximum Gasteiger partial charge on any atom is 0.0754 e. The van der Waals surface area contributed by atoms with E-state index in [1.54, 1.807) is 5.57 Å². The van der Waals surface area contributed by atoms with E-state index in [0.717, 1.165) is 19.3 Å². The number of para-hydroxylation sites is 2. The summed E-state index contributed by atoms with van der Waals surface area (Å²) in [5.41, 5.74) is 29.0. The van der Waals surface area contributed by atoms with Gasteiger partial charge in [0.25, 0.3) is 0 Å². The van der Waals surface area contributed by atoms with Gasteiger partial charge in [-0.1, -0.05) is 179 Å². The molecule has 1 spiro atoms. The zero-order valence-corrected chi connectivity index (χ0v) is 40.1. The van der Waals surface area contributed by atoms with Gasteiger partial charge in [0.2, 0.25) is 0 Å². The van der Waals surface area contributed by atoms with Gasteiger partial charge in [-0.05, 0) is 171 Å². The van der Waals surface area contributed by atoms with Gasteiger partial charge in [0.15, 0.2) is 0 Å². The summed E-state index contributed by atoms with van der Waals surface area (Å²) < 4.78 is 0. The highest BCUT2D eigenvalue weighted by Crippen LogP contribution is 2.64. The molecule has 1 aliphatic heterocycles. The Balaban J connectivity index is 1.10. The third kappa shape index (κ3) is 6.21. The number of aryl methyl sites for hydroxylation is 1. The molecule has 0 radical (unpaired) electrons. The van der Waals surface area contributed by atoms with Crippen LogP contribution < -0.4 is 10.2 Å². The van der Waals surface area contributed by atoms with Crippen LogP contribution in [0.15, 0.2) is 197 Å². The summed E-state index contributed by atoms with van der Waals surface area (Å²) in [4.78, 5) is 2.62. The maximum absolute atomic E-state index is 4.21. The molecule has 2 nitrogen and oxygen atoms in total. The summed E-state index contributed by atoms with van der Waals surface area (Å²) in [5.74, 6) is 0. The second-order valence-corrected chi connectivity index (χ2v) is 21.2. The van der Waals surface area contributed by atoms with E-state index in [4.69, 9.17) is 0 Å². The van der Waals surface area contributed by atoms with Crippen LogP contribution in [0.4, 0.5) is 17.1 Å². The van der Waals surface area contributed by atoms with E-state index >= 15 is 0 Å². The van der Waals surface area contributed by atoms with Crippen molar-refractivity contribution in [3.05, 3.63) is 253 Å². The number of nitrogens with one attached hydrogen (secondary N) is 1. The Morgan fingerprint density at radius 2 is 1.18 bits per heavy atom. The molecule has 12 rings (SSSR count). The van der Waals surface area contributed by atoms with Crippen molar-refractivity contribution in [1.29, 1.82) is 0 Å². The second-order valence-electron chi connectivity index (χ2n) is 21.2. The molecular formula is C65H60N2. The SMILES string of the molecule is C/C(C1=C(Nc2ccc3c(c2)C(C)(C)CCC3(C)C)C2=C(CC1)Cc1ccccc12)=C(C)\C(=C/c1ccccc1)N1c2ccccc2C2(c3ccccc3-c3ccccc32)c2cccc(C)c21. The van der Waals surface area contributed by atoms with Crippen LogP contribution >= 0.6 is 0 Å². The number of anilines is 3. The van der Waals surface area contributed by atoms with Crippen molar-refractivity contribution in [3.8, 4) is 11.1 Å². The molecule has 0 fully saturated rings. The van der Waals surface area contributed by atoms with E-state index in [9.17, 15) is 0 Å². The molecular weight excluding hydrogens is 809 g/mol. The van der Waals surface area contributed by atoms with Gasteiger partial charge in [0.05, 0.1) is 16.8 Å². The smallest absolute Gasteiger partial charge is 0.0754 e. The summed E-state index contributed by atoms with van der Waals surface area (Å²) in [6, 6.07) is 61.9. The summed E-state index contributed by atoms with van der Waals surface area (Å²) >= 11 is 0. The van der Waals surface area contributed by atoms with Crippen molar-refractivity contribution in [2.45, 2.75) is 96.8 Å². The Kier molecular flexibility index (Phi) is 9.50. The number of rotatable bonds is 6. The minimum Gasteiger partial charge on any atom is -0.355 e. The second kappa shape index (κ2) is 15.3. The first kappa shape index (κ1) is 41.5. The van der Waals surface area contributed by atoms with Gasteiger partial charge in [-0.15, -0.1) is 0 Å². The Bertz CT molecular complexity index is 3280. The number of nitrogens with zero attached hydrogens (tertiary/aromatic N) is 1. The molecule has 7 aromatic carbocycles. The van der Waals surface area contributed by atoms with Crippen LogP contribution in [0.3, 0.4) is 0 Å². The molecule has 4 aliphatic carbocycles. The third-order valence-electron chi connectivity index (χ3n) is 16.5. The lowest BCUT2D eigenvalue weighted by atomic mass is 9.63. The van der Waals surface area contributed by atoms with E-state index in [0.29, 0.717) is 0 Å². The molecule has 1 heterocycles. The van der Waals surface area contributed by atoms with Crippen LogP contribution in [0.2, 0.25) is 0 Å². The van der Waals surface area contributed by atoms with Crippen molar-refractivity contribution < 1.29 is 0 Å². The largest absolute Gasteiger partial charge is 0.355 e. The highest BCUT2D eigenvalue weighted by atomic mass is 15.2. The summed E-state index contributed by atoms with van der Waals surface area (Å²) in [6.07, 6.45) is 7.88. The Morgan fingerprint density at radius 1 is 0.567 bits per heavy atom. The molecule has 0 amide bonds. The van der Waals surface area contributed by atoms with Crippen LogP contribution in [-0.4, -0.2) is 0 Å². The van der Waals surface area contributed by atoms with Gasteiger partial charge in [-0.3, -0.25) is 0 Å². The zero-order valence-electron chi connectivity index (χ0n) is 40.1. The average Bonchev–Trinajstić information content (AvgIpc) is 3.87. The standard InChI is InChI=1S/C65H60N2/c1-41-20-19-30-56-62(41)67(58-31-18-17-29-55(58)65(56)52-27-15-13-25-50(52)51-26-14-16-28-53(51)65)59(38-44-21-9-8-10-22-44)43(3)42(2)48-34-32-46-39-45-23-11-12-24-49(45)60(46)61(48)66-47-33-35-54-57(40-47)64(6,7)37-36-63(54,4)5/h8-31,33,35,38,40,66H,32,34,36-37,39H2,1-7H3/b43-42+,59-38+. The molecule has 5 aliphatic rings. The highest BCUT2D eigenvalue weighted by Gasteiger charge is 2.52. The minimum atomic E-state index is -0.480. The van der Waals surface area contributed by atoms with Crippen molar-refractivity contribution >= 4 is 28.7 Å². The molecule has 0 unspecified atom stereocenters. The number of hydrogen-bond donors (Lipinski definition) is 1. The van der Waals surface area contributed by atoms with Gasteiger partial charge in [0.1, 0.15) is 0 Å². The molecule has 0 bridgehead atoms. The Hall–Kier alpha value is -6.90.